The van der Waals surface area contributed by atoms with Gasteiger partial charge >= 0.3 is 5.97 Å². The average molecular weight is 168 g/mol. The van der Waals surface area contributed by atoms with Crippen molar-refractivity contribution in [2.24, 2.45) is 0 Å². The topological polar surface area (TPSA) is 43.4 Å². The zero-order valence-corrected chi connectivity index (χ0v) is 7.13. The summed E-state index contributed by atoms with van der Waals surface area (Å²) < 4.78 is 4.33. The number of esters is 1. The molecule has 3 nitrogen and oxygen atoms in total. The van der Waals surface area contributed by atoms with E-state index in [0.717, 1.165) is 0 Å². The van der Waals surface area contributed by atoms with Crippen LogP contribution in [-0.4, -0.2) is 18.9 Å². The highest BCUT2D eigenvalue weighted by molar-refractivity contribution is 5.95. The molecule has 0 aromatic carbocycles. The highest BCUT2D eigenvalue weighted by Crippen LogP contribution is 1.98. The second kappa shape index (κ2) is 6.41. The third kappa shape index (κ3) is 5.48. The number of ketones is 1. The molecule has 0 saturated carbocycles. The minimum absolute atomic E-state index is 0.114. The second-order valence-electron chi connectivity index (χ2n) is 2.35. The molecule has 3 heteroatoms. The molecule has 0 saturated heterocycles. The molecule has 0 atom stereocenters. The van der Waals surface area contributed by atoms with Crippen molar-refractivity contribution in [3.63, 3.8) is 0 Å². The fourth-order valence-corrected chi connectivity index (χ4v) is 0.709. The summed E-state index contributed by atoms with van der Waals surface area (Å²) in [4.78, 5) is 21.5. The van der Waals surface area contributed by atoms with E-state index in [2.05, 4.69) is 10.7 Å². The van der Waals surface area contributed by atoms with Crippen molar-refractivity contribution in [1.29, 1.82) is 0 Å². The van der Waals surface area contributed by atoms with Gasteiger partial charge in [0.05, 0.1) is 7.11 Å². The Morgan fingerprint density at radius 2 is 2.17 bits per heavy atom. The molecular formula is C9H12O3. The maximum absolute atomic E-state index is 10.9. The molecule has 0 rings (SSSR count). The van der Waals surface area contributed by atoms with Gasteiger partial charge < -0.3 is 4.74 Å². The molecule has 66 valence electrons. The first-order valence-corrected chi connectivity index (χ1v) is 3.72. The Bertz CT molecular complexity index is 200. The number of ether oxygens (including phenoxy) is 1. The zero-order chi connectivity index (χ0) is 9.40. The molecule has 12 heavy (non-hydrogen) atoms. The number of hydrogen-bond acceptors (Lipinski definition) is 3. The summed E-state index contributed by atoms with van der Waals surface area (Å²) in [6.45, 7) is 0. The molecule has 0 N–H and O–H groups in total. The van der Waals surface area contributed by atoms with Crippen LogP contribution >= 0.6 is 0 Å². The minimum atomic E-state index is -0.485. The first kappa shape index (κ1) is 10.7. The number of methoxy groups -OCH3 is 1. The molecule has 0 spiro atoms. The lowest BCUT2D eigenvalue weighted by Crippen LogP contribution is -2.08. The van der Waals surface area contributed by atoms with Crippen LogP contribution < -0.4 is 0 Å². The van der Waals surface area contributed by atoms with Gasteiger partial charge in [0, 0.05) is 12.8 Å². The van der Waals surface area contributed by atoms with Gasteiger partial charge in [-0.3, -0.25) is 9.59 Å². The molecule has 0 aliphatic rings. The SMILES string of the molecule is C#CCCCC(=O)CC(=O)OC. The van der Waals surface area contributed by atoms with E-state index < -0.39 is 5.97 Å². The van der Waals surface area contributed by atoms with E-state index in [1.54, 1.807) is 0 Å². The summed E-state index contributed by atoms with van der Waals surface area (Å²) in [7, 11) is 1.26. The van der Waals surface area contributed by atoms with E-state index in [0.29, 0.717) is 19.3 Å². The van der Waals surface area contributed by atoms with Crippen molar-refractivity contribution in [2.45, 2.75) is 25.7 Å². The minimum Gasteiger partial charge on any atom is -0.469 e. The molecule has 0 fully saturated rings. The normalized spacial score (nSPS) is 8.67. The molecule has 0 aliphatic heterocycles. The van der Waals surface area contributed by atoms with Crippen LogP contribution in [0.1, 0.15) is 25.7 Å². The van der Waals surface area contributed by atoms with Crippen molar-refractivity contribution in [1.82, 2.24) is 0 Å². The molecule has 0 aromatic rings. The highest BCUT2D eigenvalue weighted by Gasteiger charge is 2.07. The van der Waals surface area contributed by atoms with Gasteiger partial charge in [-0.25, -0.2) is 0 Å². The van der Waals surface area contributed by atoms with Gasteiger partial charge in [-0.05, 0) is 6.42 Å². The number of unbranched alkanes of at least 4 members (excludes halogenated alkanes) is 1. The van der Waals surface area contributed by atoms with Crippen molar-refractivity contribution in [3.05, 3.63) is 0 Å². The molecule has 0 radical (unpaired) electrons. The van der Waals surface area contributed by atoms with Crippen molar-refractivity contribution in [3.8, 4) is 12.3 Å². The molecule has 0 unspecified atom stereocenters. The van der Waals surface area contributed by atoms with Crippen molar-refractivity contribution in [2.75, 3.05) is 7.11 Å². The third-order valence-corrected chi connectivity index (χ3v) is 1.35. The fraction of sp³-hybridized carbons (Fsp3) is 0.556. The Morgan fingerprint density at radius 3 is 2.67 bits per heavy atom. The smallest absolute Gasteiger partial charge is 0.313 e. The highest BCUT2D eigenvalue weighted by atomic mass is 16.5. The summed E-state index contributed by atoms with van der Waals surface area (Å²) >= 11 is 0. The van der Waals surface area contributed by atoms with Gasteiger partial charge in [0.1, 0.15) is 12.2 Å². The van der Waals surface area contributed by atoms with Crippen LogP contribution in [0, 0.1) is 12.3 Å². The molecule has 0 aliphatic carbocycles. The van der Waals surface area contributed by atoms with Crippen LogP contribution in [0.2, 0.25) is 0 Å². The fourth-order valence-electron chi connectivity index (χ4n) is 0.709. The lowest BCUT2D eigenvalue weighted by molar-refractivity contribution is -0.143. The quantitative estimate of drug-likeness (QED) is 0.265. The van der Waals surface area contributed by atoms with E-state index in [9.17, 15) is 9.59 Å². The molecular weight excluding hydrogens is 156 g/mol. The summed E-state index contributed by atoms with van der Waals surface area (Å²) in [6, 6.07) is 0. The predicted molar refractivity (Wildman–Crippen MR) is 44.3 cm³/mol. The van der Waals surface area contributed by atoms with Crippen molar-refractivity contribution >= 4 is 11.8 Å². The number of hydrogen-bond donors (Lipinski definition) is 0. The van der Waals surface area contributed by atoms with Gasteiger partial charge in [-0.2, -0.15) is 0 Å². The largest absolute Gasteiger partial charge is 0.469 e. The Kier molecular flexibility index (Phi) is 5.72. The van der Waals surface area contributed by atoms with Crippen molar-refractivity contribution < 1.29 is 14.3 Å². The van der Waals surface area contributed by atoms with E-state index in [4.69, 9.17) is 6.42 Å². The van der Waals surface area contributed by atoms with Crippen LogP contribution in [0.25, 0.3) is 0 Å². The molecule has 0 amide bonds. The summed E-state index contributed by atoms with van der Waals surface area (Å²) in [5.41, 5.74) is 0. The van der Waals surface area contributed by atoms with Crippen LogP contribution in [0.4, 0.5) is 0 Å². The van der Waals surface area contributed by atoms with Gasteiger partial charge in [0.25, 0.3) is 0 Å². The predicted octanol–water partition coefficient (Wildman–Crippen LogP) is 0.922. The van der Waals surface area contributed by atoms with E-state index in [-0.39, 0.29) is 12.2 Å². The standard InChI is InChI=1S/C9H12O3/c1-3-4-5-6-8(10)7-9(11)12-2/h1H,4-7H2,2H3. The second-order valence-corrected chi connectivity index (χ2v) is 2.35. The summed E-state index contributed by atoms with van der Waals surface area (Å²) in [5, 5.41) is 0. The molecule has 0 aromatic heterocycles. The maximum atomic E-state index is 10.9. The number of terminal acetylenes is 1. The Balaban J connectivity index is 3.48. The lowest BCUT2D eigenvalue weighted by Gasteiger charge is -1.97. The number of carbonyl (C=O) groups excluding carboxylic acids is 2. The number of rotatable bonds is 5. The van der Waals surface area contributed by atoms with Gasteiger partial charge in [0.15, 0.2) is 0 Å². The Hall–Kier alpha value is -1.30. The summed E-state index contributed by atoms with van der Waals surface area (Å²) in [5.74, 6) is 1.82. The van der Waals surface area contributed by atoms with Gasteiger partial charge in [0.2, 0.25) is 0 Å². The van der Waals surface area contributed by atoms with Crippen LogP contribution in [0.5, 0.6) is 0 Å². The number of Topliss-reactive ketones (excluding diaryl/α,β-unsaturated/α-hetero) is 1. The lowest BCUT2D eigenvalue weighted by atomic mass is 10.1. The zero-order valence-electron chi connectivity index (χ0n) is 7.13. The Labute approximate surface area is 72.1 Å². The number of carbonyl (C=O) groups is 2. The van der Waals surface area contributed by atoms with Crippen LogP contribution in [0.3, 0.4) is 0 Å². The molecule has 0 bridgehead atoms. The van der Waals surface area contributed by atoms with Gasteiger partial charge in [-0.1, -0.05) is 0 Å². The average Bonchev–Trinajstić information content (AvgIpc) is 2.05. The Morgan fingerprint density at radius 1 is 1.50 bits per heavy atom. The monoisotopic (exact) mass is 168 g/mol. The first-order chi connectivity index (χ1) is 5.70. The van der Waals surface area contributed by atoms with E-state index in [1.807, 2.05) is 0 Å². The third-order valence-electron chi connectivity index (χ3n) is 1.35. The van der Waals surface area contributed by atoms with E-state index >= 15 is 0 Å². The van der Waals surface area contributed by atoms with Crippen LogP contribution in [-0.2, 0) is 14.3 Å². The summed E-state index contributed by atoms with van der Waals surface area (Å²) in [6.07, 6.45) is 6.43. The van der Waals surface area contributed by atoms with Gasteiger partial charge in [-0.15, -0.1) is 12.3 Å². The maximum Gasteiger partial charge on any atom is 0.313 e. The van der Waals surface area contributed by atoms with Crippen LogP contribution in [0.15, 0.2) is 0 Å². The molecule has 0 heterocycles. The van der Waals surface area contributed by atoms with E-state index in [1.165, 1.54) is 7.11 Å². The first-order valence-electron chi connectivity index (χ1n) is 3.72.